The van der Waals surface area contributed by atoms with Crippen LogP contribution in [0.5, 0.6) is 5.75 Å². The maximum absolute atomic E-state index is 11.0. The third-order valence-electron chi connectivity index (χ3n) is 5.41. The number of ether oxygens (including phenoxy) is 1. The molecule has 3 N–H and O–H groups in total. The summed E-state index contributed by atoms with van der Waals surface area (Å²) in [6, 6.07) is 16.8. The Morgan fingerprint density at radius 3 is 2.66 bits per heavy atom. The van der Waals surface area contributed by atoms with Gasteiger partial charge in [-0.25, -0.2) is 0 Å². The molecular formula is C24H28N6O2. The lowest BCUT2D eigenvalue weighted by atomic mass is 9.86. The fourth-order valence-electron chi connectivity index (χ4n) is 3.69. The monoisotopic (exact) mass is 432 g/mol. The molecule has 1 heterocycles. The van der Waals surface area contributed by atoms with Gasteiger partial charge < -0.3 is 25.4 Å². The molecule has 8 heteroatoms. The van der Waals surface area contributed by atoms with Crippen LogP contribution in [-0.4, -0.2) is 47.8 Å². The van der Waals surface area contributed by atoms with Crippen LogP contribution in [0.15, 0.2) is 53.5 Å². The zero-order valence-corrected chi connectivity index (χ0v) is 18.5. The highest BCUT2D eigenvalue weighted by Crippen LogP contribution is 2.40. The van der Waals surface area contributed by atoms with Gasteiger partial charge in [-0.1, -0.05) is 30.3 Å². The number of hydrogen-bond acceptors (Lipinski definition) is 6. The summed E-state index contributed by atoms with van der Waals surface area (Å²) in [4.78, 5) is 6.02. The molecule has 2 aromatic rings. The van der Waals surface area contributed by atoms with Crippen molar-refractivity contribution in [2.45, 2.75) is 38.1 Å². The summed E-state index contributed by atoms with van der Waals surface area (Å²) < 4.78 is 5.94. The smallest absolute Gasteiger partial charge is 0.209 e. The minimum Gasteiger partial charge on any atom is -0.485 e. The fourth-order valence-corrected chi connectivity index (χ4v) is 3.69. The van der Waals surface area contributed by atoms with Crippen molar-refractivity contribution in [1.29, 1.82) is 10.5 Å². The van der Waals surface area contributed by atoms with Gasteiger partial charge in [-0.2, -0.15) is 10.5 Å². The fraction of sp³-hybridized carbons (Fsp3) is 0.375. The number of rotatable bonds is 6. The van der Waals surface area contributed by atoms with Crippen LogP contribution in [-0.2, 0) is 6.54 Å². The molecule has 166 valence electrons. The molecule has 32 heavy (non-hydrogen) atoms. The number of nitriles is 2. The number of hydrogen-bond donors (Lipinski definition) is 3. The van der Waals surface area contributed by atoms with Crippen LogP contribution in [0.2, 0.25) is 0 Å². The van der Waals surface area contributed by atoms with Crippen molar-refractivity contribution in [1.82, 2.24) is 15.5 Å². The molecule has 1 aliphatic heterocycles. The first-order valence-electron chi connectivity index (χ1n) is 10.4. The Balaban J connectivity index is 1.69. The number of aliphatic hydroxyl groups is 1. The SMILES string of the molecule is CN(CCNC(=NC#N)N[C@@H]1c2cc(C#N)ccc2OC(C)(C)[C@H]1O)Cc1ccccc1. The van der Waals surface area contributed by atoms with E-state index >= 15 is 0 Å². The number of likely N-dealkylation sites (N-methyl/N-ethyl adjacent to an activating group) is 1. The second-order valence-electron chi connectivity index (χ2n) is 8.35. The number of guanidine groups is 1. The van der Waals surface area contributed by atoms with Gasteiger partial charge in [0.2, 0.25) is 12.2 Å². The lowest BCUT2D eigenvalue weighted by Gasteiger charge is -2.42. The molecule has 0 unspecified atom stereocenters. The topological polar surface area (TPSA) is 117 Å². The lowest BCUT2D eigenvalue weighted by molar-refractivity contribution is -0.0612. The maximum Gasteiger partial charge on any atom is 0.209 e. The highest BCUT2D eigenvalue weighted by Gasteiger charge is 2.43. The molecule has 0 saturated carbocycles. The zero-order chi connectivity index (χ0) is 23.1. The third kappa shape index (κ3) is 5.55. The Bertz CT molecular complexity index is 1040. The van der Waals surface area contributed by atoms with E-state index in [4.69, 9.17) is 10.00 Å². The second kappa shape index (κ2) is 10.1. The van der Waals surface area contributed by atoms with Gasteiger partial charge in [0, 0.05) is 25.2 Å². The normalized spacial score (nSPS) is 19.3. The van der Waals surface area contributed by atoms with Crippen molar-refractivity contribution in [2.75, 3.05) is 20.1 Å². The molecule has 2 atom stereocenters. The summed E-state index contributed by atoms with van der Waals surface area (Å²) in [5.74, 6) is 0.839. The predicted octanol–water partition coefficient (Wildman–Crippen LogP) is 2.28. The number of nitrogens with one attached hydrogen (secondary N) is 2. The summed E-state index contributed by atoms with van der Waals surface area (Å²) in [5, 5.41) is 35.7. The molecule has 1 aliphatic rings. The van der Waals surface area contributed by atoms with Crippen molar-refractivity contribution < 1.29 is 9.84 Å². The number of aliphatic hydroxyl groups excluding tert-OH is 1. The van der Waals surface area contributed by atoms with Crippen LogP contribution >= 0.6 is 0 Å². The second-order valence-corrected chi connectivity index (χ2v) is 8.35. The van der Waals surface area contributed by atoms with Gasteiger partial charge in [0.05, 0.1) is 17.7 Å². The third-order valence-corrected chi connectivity index (χ3v) is 5.41. The lowest BCUT2D eigenvalue weighted by Crippen LogP contribution is -2.55. The largest absolute Gasteiger partial charge is 0.485 e. The van der Waals surface area contributed by atoms with E-state index in [2.05, 4.69) is 38.7 Å². The van der Waals surface area contributed by atoms with E-state index in [1.165, 1.54) is 5.56 Å². The number of nitrogens with zero attached hydrogens (tertiary/aromatic N) is 4. The average Bonchev–Trinajstić information content (AvgIpc) is 2.77. The summed E-state index contributed by atoms with van der Waals surface area (Å²) in [6.45, 7) is 5.65. The number of aliphatic imine (C=N–C) groups is 1. The van der Waals surface area contributed by atoms with Crippen LogP contribution in [0.1, 0.15) is 36.6 Å². The van der Waals surface area contributed by atoms with Crippen LogP contribution in [0.25, 0.3) is 0 Å². The van der Waals surface area contributed by atoms with Crippen LogP contribution in [0.4, 0.5) is 0 Å². The molecule has 0 fully saturated rings. The Morgan fingerprint density at radius 2 is 1.97 bits per heavy atom. The van der Waals surface area contributed by atoms with E-state index in [1.807, 2.05) is 25.2 Å². The van der Waals surface area contributed by atoms with Crippen molar-refractivity contribution in [2.24, 2.45) is 4.99 Å². The first kappa shape index (κ1) is 23.1. The Kier molecular flexibility index (Phi) is 7.32. The zero-order valence-electron chi connectivity index (χ0n) is 18.5. The molecule has 0 radical (unpaired) electrons. The number of fused-ring (bicyclic) bond motifs is 1. The highest BCUT2D eigenvalue weighted by atomic mass is 16.5. The Hall–Kier alpha value is -3.59. The minimum atomic E-state index is -0.935. The van der Waals surface area contributed by atoms with Crippen LogP contribution < -0.4 is 15.4 Å². The Labute approximate surface area is 188 Å². The Morgan fingerprint density at radius 1 is 1.22 bits per heavy atom. The molecule has 3 rings (SSSR count). The average molecular weight is 433 g/mol. The molecule has 0 amide bonds. The first-order valence-corrected chi connectivity index (χ1v) is 10.4. The van der Waals surface area contributed by atoms with Crippen LogP contribution in [0, 0.1) is 22.8 Å². The highest BCUT2D eigenvalue weighted by molar-refractivity contribution is 5.81. The van der Waals surface area contributed by atoms with Gasteiger partial charge in [-0.3, -0.25) is 0 Å². The molecule has 0 aliphatic carbocycles. The van der Waals surface area contributed by atoms with Gasteiger partial charge in [0.25, 0.3) is 0 Å². The van der Waals surface area contributed by atoms with E-state index in [1.54, 1.807) is 38.2 Å². The van der Waals surface area contributed by atoms with Crippen molar-refractivity contribution >= 4 is 5.96 Å². The summed E-state index contributed by atoms with van der Waals surface area (Å²) >= 11 is 0. The molecule has 0 spiro atoms. The van der Waals surface area contributed by atoms with Crippen molar-refractivity contribution in [3.8, 4) is 18.0 Å². The molecule has 0 bridgehead atoms. The van der Waals surface area contributed by atoms with E-state index < -0.39 is 17.7 Å². The summed E-state index contributed by atoms with van der Waals surface area (Å²) in [6.07, 6.45) is 0.867. The van der Waals surface area contributed by atoms with Crippen LogP contribution in [0.3, 0.4) is 0 Å². The van der Waals surface area contributed by atoms with Gasteiger partial charge in [0.1, 0.15) is 17.5 Å². The van der Waals surface area contributed by atoms with Crippen molar-refractivity contribution in [3.63, 3.8) is 0 Å². The van der Waals surface area contributed by atoms with E-state index in [-0.39, 0.29) is 5.96 Å². The molecule has 0 saturated heterocycles. The van der Waals surface area contributed by atoms with Gasteiger partial charge >= 0.3 is 0 Å². The van der Waals surface area contributed by atoms with Gasteiger partial charge in [-0.05, 0) is 44.7 Å². The van der Waals surface area contributed by atoms with Gasteiger partial charge in [0.15, 0.2) is 0 Å². The first-order chi connectivity index (χ1) is 15.3. The van der Waals surface area contributed by atoms with E-state index in [9.17, 15) is 10.4 Å². The summed E-state index contributed by atoms with van der Waals surface area (Å²) in [7, 11) is 2.02. The molecule has 2 aromatic carbocycles. The molecule has 0 aromatic heterocycles. The quantitative estimate of drug-likeness (QED) is 0.364. The number of benzene rings is 2. The van der Waals surface area contributed by atoms with Gasteiger partial charge in [-0.15, -0.1) is 4.99 Å². The maximum atomic E-state index is 11.0. The van der Waals surface area contributed by atoms with E-state index in [0.717, 1.165) is 13.1 Å². The summed E-state index contributed by atoms with van der Waals surface area (Å²) in [5.41, 5.74) is 1.45. The minimum absolute atomic E-state index is 0.260. The molecule has 8 nitrogen and oxygen atoms in total. The van der Waals surface area contributed by atoms with E-state index in [0.29, 0.717) is 23.4 Å². The van der Waals surface area contributed by atoms with Crippen molar-refractivity contribution in [3.05, 3.63) is 65.2 Å². The molecular weight excluding hydrogens is 404 g/mol. The standard InChI is InChI=1S/C24H28N6O2/c1-24(2)22(31)21(19-13-18(14-25)9-10-20(19)32-24)29-23(28-16-26)27-11-12-30(3)15-17-7-5-4-6-8-17/h4-10,13,21-22,31H,11-12,15H2,1-3H3,(H2,27,28,29)/t21-,22+/m1/s1. The predicted molar refractivity (Wildman–Crippen MR) is 122 cm³/mol.